The summed E-state index contributed by atoms with van der Waals surface area (Å²) in [5.74, 6) is 0. The number of ether oxygens (including phenoxy) is 8. The van der Waals surface area contributed by atoms with Crippen LogP contribution in [-0.2, 0) is 91.8 Å². The molecule has 1 aliphatic rings. The lowest BCUT2D eigenvalue weighted by Gasteiger charge is -2.47. The van der Waals surface area contributed by atoms with Crippen LogP contribution in [0.2, 0.25) is 0 Å². The molecule has 1 aliphatic heterocycles. The summed E-state index contributed by atoms with van der Waals surface area (Å²) >= 11 is 0. The molecule has 13 heteroatoms. The Labute approximate surface area is 400 Å². The predicted molar refractivity (Wildman–Crippen MR) is 257 cm³/mol. The highest BCUT2D eigenvalue weighted by Gasteiger charge is 2.51. The van der Waals surface area contributed by atoms with Crippen molar-refractivity contribution in [1.29, 1.82) is 0 Å². The summed E-state index contributed by atoms with van der Waals surface area (Å²) < 4.78 is 86.4. The molecule has 6 aromatic carbocycles. The first-order valence-electron chi connectivity index (χ1n) is 23.0. The monoisotopic (exact) mass is 946 g/mol. The maximum absolute atomic E-state index is 13.2. The fourth-order valence-corrected chi connectivity index (χ4v) is 8.56. The van der Waals surface area contributed by atoms with Crippen LogP contribution in [0.15, 0.2) is 182 Å². The predicted octanol–water partition coefficient (Wildman–Crippen LogP) is 8.60. The number of benzene rings is 6. The summed E-state index contributed by atoms with van der Waals surface area (Å²) in [4.78, 5) is 0. The third kappa shape index (κ3) is 16.5. The van der Waals surface area contributed by atoms with Crippen molar-refractivity contribution in [1.82, 2.24) is 0 Å². The second-order valence-corrected chi connectivity index (χ2v) is 18.2. The molecule has 0 saturated carbocycles. The standard InChI is InChI=1S/C55H62O12S/c1-68(57,58)67-50(41-60-35-43-22-10-3-11-23-43)51(48(32-33-56)61-36-44-24-12-4-13-25-44)66-55-54(64-39-47-30-18-7-19-31-47)53(63-38-46-28-16-6-17-29-46)52(62-37-45-26-14-5-15-27-45)49(65-55)40-59-34-42-20-8-2-9-21-42/h2-31,48-56H,32-41H2,1H3/t48-,49-,50-,51+,52-,53+,54-,55-/m1/s1. The Bertz CT molecular complexity index is 2380. The minimum absolute atomic E-state index is 0.0441. The van der Waals surface area contributed by atoms with Gasteiger partial charge in [-0.25, -0.2) is 0 Å². The van der Waals surface area contributed by atoms with Gasteiger partial charge in [-0.3, -0.25) is 4.18 Å². The topological polar surface area (TPSA) is 137 Å². The van der Waals surface area contributed by atoms with Crippen LogP contribution in [0.25, 0.3) is 0 Å². The maximum atomic E-state index is 13.2. The van der Waals surface area contributed by atoms with Crippen molar-refractivity contribution in [2.75, 3.05) is 26.1 Å². The van der Waals surface area contributed by atoms with Crippen LogP contribution >= 0.6 is 0 Å². The number of rotatable bonds is 28. The summed E-state index contributed by atoms with van der Waals surface area (Å²) in [6.07, 6.45) is -7.15. The minimum atomic E-state index is -4.14. The fraction of sp³-hybridized carbons (Fsp3) is 0.345. The van der Waals surface area contributed by atoms with E-state index in [1.807, 2.05) is 182 Å². The Hall–Kier alpha value is -5.13. The van der Waals surface area contributed by atoms with Crippen molar-refractivity contribution in [2.45, 2.75) is 95.1 Å². The molecule has 1 fully saturated rings. The molecule has 0 aromatic heterocycles. The highest BCUT2D eigenvalue weighted by Crippen LogP contribution is 2.34. The van der Waals surface area contributed by atoms with E-state index in [0.29, 0.717) is 6.61 Å². The van der Waals surface area contributed by atoms with Crippen LogP contribution in [0, 0.1) is 0 Å². The largest absolute Gasteiger partial charge is 0.396 e. The molecule has 7 rings (SSSR count). The number of hydrogen-bond acceptors (Lipinski definition) is 12. The van der Waals surface area contributed by atoms with E-state index in [1.54, 1.807) is 0 Å². The summed E-state index contributed by atoms with van der Waals surface area (Å²) in [6.45, 7) is 0.637. The van der Waals surface area contributed by atoms with Gasteiger partial charge in [-0.05, 0) is 39.8 Å². The molecule has 68 heavy (non-hydrogen) atoms. The smallest absolute Gasteiger partial charge is 0.264 e. The van der Waals surface area contributed by atoms with Gasteiger partial charge in [0.15, 0.2) is 6.29 Å². The molecular formula is C55H62O12S. The molecule has 1 heterocycles. The van der Waals surface area contributed by atoms with Crippen LogP contribution in [-0.4, -0.2) is 88.6 Å². The van der Waals surface area contributed by atoms with Crippen LogP contribution in [0.4, 0.5) is 0 Å². The van der Waals surface area contributed by atoms with Crippen molar-refractivity contribution in [3.05, 3.63) is 215 Å². The zero-order valence-corrected chi connectivity index (χ0v) is 39.2. The molecule has 12 nitrogen and oxygen atoms in total. The second-order valence-electron chi connectivity index (χ2n) is 16.6. The van der Waals surface area contributed by atoms with Gasteiger partial charge in [0.2, 0.25) is 0 Å². The Morgan fingerprint density at radius 3 is 1.34 bits per heavy atom. The normalized spacial score (nSPS) is 19.8. The SMILES string of the molecule is CS(=O)(=O)O[C@H](COCc1ccccc1)[C@@H](O[C@H]1O[C@H](COCc2ccccc2)[C@@H](OCc2ccccc2)[C@H](OCc2ccccc2)[C@H]1OCc1ccccc1)[C@@H](CCO)OCc1ccccc1. The number of aliphatic hydroxyl groups is 1. The van der Waals surface area contributed by atoms with Gasteiger partial charge in [0.1, 0.15) is 36.6 Å². The Balaban J connectivity index is 1.29. The van der Waals surface area contributed by atoms with Gasteiger partial charge in [0, 0.05) is 6.61 Å². The third-order valence-electron chi connectivity index (χ3n) is 11.3. The van der Waals surface area contributed by atoms with E-state index in [1.165, 1.54) is 0 Å². The Kier molecular flexibility index (Phi) is 20.3. The molecule has 0 spiro atoms. The third-order valence-corrected chi connectivity index (χ3v) is 11.9. The lowest BCUT2D eigenvalue weighted by atomic mass is 9.97. The fourth-order valence-electron chi connectivity index (χ4n) is 7.94. The average molecular weight is 947 g/mol. The van der Waals surface area contributed by atoms with E-state index < -0.39 is 59.1 Å². The van der Waals surface area contributed by atoms with E-state index in [2.05, 4.69) is 0 Å². The molecule has 0 radical (unpaired) electrons. The first-order valence-corrected chi connectivity index (χ1v) is 24.8. The second kappa shape index (κ2) is 27.2. The molecule has 0 aliphatic carbocycles. The minimum Gasteiger partial charge on any atom is -0.396 e. The number of hydrogen-bond donors (Lipinski definition) is 1. The molecule has 0 unspecified atom stereocenters. The van der Waals surface area contributed by atoms with Gasteiger partial charge in [-0.15, -0.1) is 0 Å². The van der Waals surface area contributed by atoms with Crippen LogP contribution in [0.3, 0.4) is 0 Å². The zero-order chi connectivity index (χ0) is 47.2. The average Bonchev–Trinajstić information content (AvgIpc) is 3.37. The Morgan fingerprint density at radius 2 is 0.897 bits per heavy atom. The van der Waals surface area contributed by atoms with E-state index in [9.17, 15) is 13.5 Å². The van der Waals surface area contributed by atoms with Crippen LogP contribution in [0.5, 0.6) is 0 Å². The summed E-state index contributed by atoms with van der Waals surface area (Å²) in [5.41, 5.74) is 5.45. The van der Waals surface area contributed by atoms with Gasteiger partial charge in [-0.2, -0.15) is 8.42 Å². The highest BCUT2D eigenvalue weighted by molar-refractivity contribution is 7.86. The van der Waals surface area contributed by atoms with Crippen LogP contribution < -0.4 is 0 Å². The van der Waals surface area contributed by atoms with E-state index >= 15 is 0 Å². The summed E-state index contributed by atoms with van der Waals surface area (Å²) in [6, 6.07) is 58.2. The van der Waals surface area contributed by atoms with E-state index in [0.717, 1.165) is 39.6 Å². The van der Waals surface area contributed by atoms with Gasteiger partial charge in [0.25, 0.3) is 10.1 Å². The first-order chi connectivity index (χ1) is 33.3. The number of aliphatic hydroxyl groups excluding tert-OH is 1. The van der Waals surface area contributed by atoms with E-state index in [-0.39, 0.29) is 59.3 Å². The van der Waals surface area contributed by atoms with Crippen molar-refractivity contribution in [3.63, 3.8) is 0 Å². The van der Waals surface area contributed by atoms with Crippen molar-refractivity contribution in [2.24, 2.45) is 0 Å². The molecule has 360 valence electrons. The molecule has 0 bridgehead atoms. The molecule has 6 aromatic rings. The lowest BCUT2D eigenvalue weighted by molar-refractivity contribution is -0.347. The quantitative estimate of drug-likeness (QED) is 0.0472. The van der Waals surface area contributed by atoms with Crippen molar-refractivity contribution in [3.8, 4) is 0 Å². The van der Waals surface area contributed by atoms with Gasteiger partial charge in [-0.1, -0.05) is 182 Å². The van der Waals surface area contributed by atoms with Gasteiger partial charge in [0.05, 0.1) is 65.2 Å². The van der Waals surface area contributed by atoms with E-state index in [4.69, 9.17) is 42.1 Å². The van der Waals surface area contributed by atoms with Crippen LogP contribution in [0.1, 0.15) is 39.8 Å². The maximum Gasteiger partial charge on any atom is 0.264 e. The summed E-state index contributed by atoms with van der Waals surface area (Å²) in [5, 5.41) is 10.6. The first kappa shape index (κ1) is 50.7. The van der Waals surface area contributed by atoms with Gasteiger partial charge < -0.3 is 43.0 Å². The molecular weight excluding hydrogens is 885 g/mol. The summed E-state index contributed by atoms with van der Waals surface area (Å²) in [7, 11) is -4.14. The molecule has 1 saturated heterocycles. The van der Waals surface area contributed by atoms with Crippen molar-refractivity contribution >= 4 is 10.1 Å². The molecule has 8 atom stereocenters. The molecule has 0 amide bonds. The zero-order valence-electron chi connectivity index (χ0n) is 38.4. The molecule has 1 N–H and O–H groups in total. The Morgan fingerprint density at radius 1 is 0.500 bits per heavy atom. The van der Waals surface area contributed by atoms with Crippen molar-refractivity contribution < 1.29 is 55.6 Å². The lowest BCUT2D eigenvalue weighted by Crippen LogP contribution is -2.63. The highest BCUT2D eigenvalue weighted by atomic mass is 32.2. The van der Waals surface area contributed by atoms with Gasteiger partial charge >= 0.3 is 0 Å².